The largest absolute Gasteiger partial charge is 0.462 e. The van der Waals surface area contributed by atoms with Crippen LogP contribution in [-0.2, 0) is 28.6 Å². The van der Waals surface area contributed by atoms with Crippen molar-refractivity contribution in [2.24, 2.45) is 0 Å². The van der Waals surface area contributed by atoms with Crippen LogP contribution in [0.25, 0.3) is 0 Å². The molecule has 0 spiro atoms. The highest BCUT2D eigenvalue weighted by atomic mass is 16.6. The van der Waals surface area contributed by atoms with Crippen LogP contribution in [0.15, 0.2) is 36.5 Å². The molecule has 0 aromatic heterocycles. The Bertz CT molecular complexity index is 1130. The number of rotatable bonds is 54. The lowest BCUT2D eigenvalue weighted by molar-refractivity contribution is -0.167. The molecule has 0 aliphatic rings. The Labute approximate surface area is 416 Å². The van der Waals surface area contributed by atoms with Crippen LogP contribution in [0.3, 0.4) is 0 Å². The van der Waals surface area contributed by atoms with Gasteiger partial charge in [-0.25, -0.2) is 0 Å². The molecule has 0 aromatic carbocycles. The molecule has 6 nitrogen and oxygen atoms in total. The lowest BCUT2D eigenvalue weighted by atomic mass is 10.0. The van der Waals surface area contributed by atoms with Crippen LogP contribution in [0, 0.1) is 0 Å². The van der Waals surface area contributed by atoms with Gasteiger partial charge in [0, 0.05) is 19.3 Å². The Kier molecular flexibility index (Phi) is 54.2. The number of hydrogen-bond donors (Lipinski definition) is 0. The van der Waals surface area contributed by atoms with Crippen LogP contribution in [0.5, 0.6) is 0 Å². The van der Waals surface area contributed by atoms with E-state index >= 15 is 0 Å². The van der Waals surface area contributed by atoms with Gasteiger partial charge >= 0.3 is 17.9 Å². The maximum Gasteiger partial charge on any atom is 0.306 e. The molecular formula is C61H112O6. The molecular weight excluding hydrogens is 829 g/mol. The van der Waals surface area contributed by atoms with Gasteiger partial charge in [0.05, 0.1) is 0 Å². The predicted octanol–water partition coefficient (Wildman–Crippen LogP) is 19.7. The van der Waals surface area contributed by atoms with Crippen molar-refractivity contribution in [1.82, 2.24) is 0 Å². The molecule has 0 N–H and O–H groups in total. The normalized spacial score (nSPS) is 12.2. The Morgan fingerprint density at radius 2 is 0.537 bits per heavy atom. The zero-order valence-electron chi connectivity index (χ0n) is 44.9. The number of carbonyl (C=O) groups is 3. The number of allylic oxidation sites excluding steroid dienone is 6. The third-order valence-electron chi connectivity index (χ3n) is 13.1. The van der Waals surface area contributed by atoms with Gasteiger partial charge in [-0.05, 0) is 57.8 Å². The van der Waals surface area contributed by atoms with Crippen LogP contribution in [-0.4, -0.2) is 37.2 Å². The molecule has 0 aliphatic heterocycles. The topological polar surface area (TPSA) is 78.9 Å². The Balaban J connectivity index is 4.04. The highest BCUT2D eigenvalue weighted by Gasteiger charge is 2.19. The number of ether oxygens (including phenoxy) is 3. The zero-order chi connectivity index (χ0) is 48.6. The van der Waals surface area contributed by atoms with Crippen LogP contribution < -0.4 is 0 Å². The minimum atomic E-state index is -0.765. The molecule has 1 unspecified atom stereocenters. The molecule has 0 aromatic rings. The van der Waals surface area contributed by atoms with Gasteiger partial charge in [0.2, 0.25) is 0 Å². The summed E-state index contributed by atoms with van der Waals surface area (Å²) in [6, 6.07) is 0. The molecule has 0 amide bonds. The molecule has 0 aliphatic carbocycles. The van der Waals surface area contributed by atoms with E-state index in [1.807, 2.05) is 0 Å². The fraction of sp³-hybridized carbons (Fsp3) is 0.852. The third-order valence-corrected chi connectivity index (χ3v) is 13.1. The van der Waals surface area contributed by atoms with Gasteiger partial charge in [0.15, 0.2) is 6.10 Å². The SMILES string of the molecule is CCCCCCC/C=C\C/C=C\C/C=C\CCCCCCCCCCCCCCCCC(=O)OCC(COC(=O)CCCCCCCCCC)OC(=O)CCCCCCCCCCCCCC. The molecule has 0 fully saturated rings. The number of carbonyl (C=O) groups excluding carboxylic acids is 3. The summed E-state index contributed by atoms with van der Waals surface area (Å²) in [7, 11) is 0. The van der Waals surface area contributed by atoms with E-state index in [9.17, 15) is 14.4 Å². The molecule has 0 saturated carbocycles. The second-order valence-electron chi connectivity index (χ2n) is 19.9. The van der Waals surface area contributed by atoms with E-state index < -0.39 is 6.10 Å². The van der Waals surface area contributed by atoms with Gasteiger partial charge in [-0.15, -0.1) is 0 Å². The van der Waals surface area contributed by atoms with Crippen LogP contribution in [0.4, 0.5) is 0 Å². The van der Waals surface area contributed by atoms with E-state index in [2.05, 4.69) is 57.2 Å². The molecule has 1 atom stereocenters. The van der Waals surface area contributed by atoms with Crippen molar-refractivity contribution < 1.29 is 28.6 Å². The molecule has 0 bridgehead atoms. The lowest BCUT2D eigenvalue weighted by Gasteiger charge is -2.18. The monoisotopic (exact) mass is 941 g/mol. The average molecular weight is 942 g/mol. The number of hydrogen-bond acceptors (Lipinski definition) is 6. The summed E-state index contributed by atoms with van der Waals surface area (Å²) in [5.74, 6) is -0.857. The van der Waals surface area contributed by atoms with Gasteiger partial charge in [0.1, 0.15) is 13.2 Å². The van der Waals surface area contributed by atoms with Crippen molar-refractivity contribution in [3.05, 3.63) is 36.5 Å². The van der Waals surface area contributed by atoms with Gasteiger partial charge in [-0.2, -0.15) is 0 Å². The average Bonchev–Trinajstić information content (AvgIpc) is 3.33. The van der Waals surface area contributed by atoms with E-state index in [-0.39, 0.29) is 31.1 Å². The van der Waals surface area contributed by atoms with Crippen LogP contribution >= 0.6 is 0 Å². The van der Waals surface area contributed by atoms with Crippen LogP contribution in [0.2, 0.25) is 0 Å². The lowest BCUT2D eigenvalue weighted by Crippen LogP contribution is -2.30. The fourth-order valence-corrected chi connectivity index (χ4v) is 8.69. The molecule has 6 heteroatoms. The van der Waals surface area contributed by atoms with Crippen molar-refractivity contribution in [2.45, 2.75) is 322 Å². The smallest absolute Gasteiger partial charge is 0.306 e. The summed E-state index contributed by atoms with van der Waals surface area (Å²) in [5, 5.41) is 0. The first-order valence-corrected chi connectivity index (χ1v) is 29.5. The Morgan fingerprint density at radius 1 is 0.299 bits per heavy atom. The predicted molar refractivity (Wildman–Crippen MR) is 289 cm³/mol. The third kappa shape index (κ3) is 54.4. The summed E-state index contributed by atoms with van der Waals surface area (Å²) in [5.41, 5.74) is 0. The summed E-state index contributed by atoms with van der Waals surface area (Å²) in [6.45, 7) is 6.63. The van der Waals surface area contributed by atoms with E-state index in [1.165, 1.54) is 205 Å². The fourth-order valence-electron chi connectivity index (χ4n) is 8.69. The molecule has 0 radical (unpaired) electrons. The first kappa shape index (κ1) is 64.6. The first-order chi connectivity index (χ1) is 33.0. The maximum absolute atomic E-state index is 12.8. The Hall–Kier alpha value is -2.37. The van der Waals surface area contributed by atoms with Crippen molar-refractivity contribution in [2.75, 3.05) is 13.2 Å². The van der Waals surface area contributed by atoms with E-state index in [0.29, 0.717) is 19.3 Å². The highest BCUT2D eigenvalue weighted by molar-refractivity contribution is 5.71. The quantitative estimate of drug-likeness (QED) is 0.0262. The second kappa shape index (κ2) is 56.2. The molecule has 0 heterocycles. The summed E-state index contributed by atoms with van der Waals surface area (Å²) in [6.07, 6.45) is 67.4. The number of esters is 3. The van der Waals surface area contributed by atoms with Crippen molar-refractivity contribution in [3.8, 4) is 0 Å². The zero-order valence-corrected chi connectivity index (χ0v) is 44.9. The summed E-state index contributed by atoms with van der Waals surface area (Å²) >= 11 is 0. The summed E-state index contributed by atoms with van der Waals surface area (Å²) in [4.78, 5) is 37.9. The van der Waals surface area contributed by atoms with E-state index in [4.69, 9.17) is 14.2 Å². The standard InChI is InChI=1S/C61H112O6/c1-4-7-10-13-16-19-21-23-24-25-26-27-28-29-30-31-32-33-34-35-36-37-38-39-41-42-45-48-51-54-60(63)66-57-58(56-65-59(62)53-50-47-44-18-15-12-9-6-3)67-61(64)55-52-49-46-43-40-22-20-17-14-11-8-5-2/h21,23,25-26,28-29,58H,4-20,22,24,27,30-57H2,1-3H3/b23-21-,26-25-,29-28-. The maximum atomic E-state index is 12.8. The van der Waals surface area contributed by atoms with Crippen LogP contribution in [0.1, 0.15) is 316 Å². The van der Waals surface area contributed by atoms with Crippen molar-refractivity contribution in [1.29, 1.82) is 0 Å². The second-order valence-corrected chi connectivity index (χ2v) is 19.9. The van der Waals surface area contributed by atoms with Crippen molar-refractivity contribution >= 4 is 17.9 Å². The molecule has 392 valence electrons. The number of unbranched alkanes of at least 4 members (excludes halogenated alkanes) is 37. The van der Waals surface area contributed by atoms with E-state index in [1.54, 1.807) is 0 Å². The van der Waals surface area contributed by atoms with Gasteiger partial charge in [-0.3, -0.25) is 14.4 Å². The van der Waals surface area contributed by atoms with Gasteiger partial charge in [0.25, 0.3) is 0 Å². The Morgan fingerprint density at radius 3 is 0.836 bits per heavy atom. The van der Waals surface area contributed by atoms with E-state index in [0.717, 1.165) is 70.6 Å². The minimum Gasteiger partial charge on any atom is -0.462 e. The summed E-state index contributed by atoms with van der Waals surface area (Å²) < 4.78 is 16.8. The first-order valence-electron chi connectivity index (χ1n) is 29.5. The highest BCUT2D eigenvalue weighted by Crippen LogP contribution is 2.17. The van der Waals surface area contributed by atoms with Gasteiger partial charge in [-0.1, -0.05) is 276 Å². The minimum absolute atomic E-state index is 0.0673. The molecule has 0 saturated heterocycles. The van der Waals surface area contributed by atoms with Crippen molar-refractivity contribution in [3.63, 3.8) is 0 Å². The molecule has 0 rings (SSSR count). The van der Waals surface area contributed by atoms with Gasteiger partial charge < -0.3 is 14.2 Å². The molecule has 67 heavy (non-hydrogen) atoms.